The summed E-state index contributed by atoms with van der Waals surface area (Å²) in [6.07, 6.45) is 0. The van der Waals surface area contributed by atoms with Crippen LogP contribution in [-0.2, 0) is 11.8 Å². The minimum absolute atomic E-state index is 0.789. The van der Waals surface area contributed by atoms with E-state index in [4.69, 9.17) is 16.5 Å². The van der Waals surface area contributed by atoms with Gasteiger partial charge in [-0.05, 0) is 47.8 Å². The molecule has 2 heterocycles. The molecular weight excluding hydrogens is 419 g/mol. The molecule has 1 atom stereocenters. The quantitative estimate of drug-likeness (QED) is 0.421. The van der Waals surface area contributed by atoms with Crippen LogP contribution in [0.1, 0.15) is 0 Å². The smallest absolute Gasteiger partial charge is 0.218 e. The lowest BCUT2D eigenvalue weighted by Crippen LogP contribution is -2.26. The maximum absolute atomic E-state index is 6.36. The Labute approximate surface area is 178 Å². The van der Waals surface area contributed by atoms with Crippen LogP contribution in [0.15, 0.2) is 90.1 Å². The van der Waals surface area contributed by atoms with Gasteiger partial charge in [0, 0.05) is 10.9 Å². The first-order valence-corrected chi connectivity index (χ1v) is 13.2. The fourth-order valence-electron chi connectivity index (χ4n) is 3.29. The molecule has 29 heavy (non-hydrogen) atoms. The average molecular weight is 437 g/mol. The lowest BCUT2D eigenvalue weighted by Gasteiger charge is -2.30. The van der Waals surface area contributed by atoms with Gasteiger partial charge in [-0.3, -0.25) is 0 Å². The first-order chi connectivity index (χ1) is 14.2. The van der Waals surface area contributed by atoms with Gasteiger partial charge in [-0.25, -0.2) is 9.46 Å². The number of aromatic nitrogens is 3. The normalized spacial score (nSPS) is 17.9. The van der Waals surface area contributed by atoms with E-state index >= 15 is 0 Å². The zero-order valence-electron chi connectivity index (χ0n) is 15.5. The molecule has 0 bridgehead atoms. The van der Waals surface area contributed by atoms with E-state index < -0.39 is 5.39 Å². The summed E-state index contributed by atoms with van der Waals surface area (Å²) in [5.74, 6) is 1.60. The Morgan fingerprint density at radius 2 is 1.52 bits per heavy atom. The van der Waals surface area contributed by atoms with Crippen LogP contribution in [-0.4, -0.2) is 22.0 Å². The Bertz CT molecular complexity index is 1200. The van der Waals surface area contributed by atoms with E-state index in [0.717, 1.165) is 33.3 Å². The number of hydrogen-bond donors (Lipinski definition) is 0. The van der Waals surface area contributed by atoms with Crippen LogP contribution in [0.2, 0.25) is 0 Å². The van der Waals surface area contributed by atoms with E-state index in [2.05, 4.69) is 43.9 Å². The lowest BCUT2D eigenvalue weighted by molar-refractivity contribution is 0.415. The molecule has 0 saturated carbocycles. The highest BCUT2D eigenvalue weighted by molar-refractivity contribution is 8.73. The molecule has 0 saturated heterocycles. The molecule has 4 aromatic rings. The van der Waals surface area contributed by atoms with Crippen LogP contribution < -0.4 is 14.8 Å². The summed E-state index contributed by atoms with van der Waals surface area (Å²) in [6, 6.07) is 28.4. The minimum Gasteiger partial charge on any atom is -0.497 e. The molecule has 0 radical (unpaired) electrons. The topological polar surface area (TPSA) is 43.2 Å². The third-order valence-electron chi connectivity index (χ3n) is 4.67. The second kappa shape index (κ2) is 7.34. The Kier molecular flexibility index (Phi) is 4.66. The summed E-state index contributed by atoms with van der Waals surface area (Å²) in [6.45, 7) is 0. The largest absolute Gasteiger partial charge is 0.497 e. The number of ether oxygens (including phenoxy) is 1. The molecule has 0 N–H and O–H groups in total. The summed E-state index contributed by atoms with van der Waals surface area (Å²) < 4.78 is 9.60. The number of methoxy groups -OCH3 is 1. The Morgan fingerprint density at radius 1 is 0.862 bits per heavy atom. The summed E-state index contributed by atoms with van der Waals surface area (Å²) in [7, 11) is 1.67. The zero-order valence-corrected chi connectivity index (χ0v) is 18.1. The number of benzene rings is 3. The van der Waals surface area contributed by atoms with E-state index in [1.54, 1.807) is 18.5 Å². The third kappa shape index (κ3) is 3.06. The molecule has 1 aliphatic rings. The van der Waals surface area contributed by atoms with Crippen molar-refractivity contribution >= 4 is 39.6 Å². The third-order valence-corrected chi connectivity index (χ3v) is 11.3. The van der Waals surface area contributed by atoms with E-state index in [1.165, 1.54) is 0 Å². The standard InChI is InChI=1S/C21H17N4OPS2/c1-26-18-12-14-19(15-13-18)27(28)25(17-10-6-3-7-11-17)24-20(22-23-21(24)29-27)16-8-4-2-5-9-16/h2-15H,1H3. The molecule has 0 aliphatic carbocycles. The van der Waals surface area contributed by atoms with Crippen molar-refractivity contribution < 1.29 is 4.74 Å². The van der Waals surface area contributed by atoms with Gasteiger partial charge in [-0.15, -0.1) is 10.2 Å². The minimum atomic E-state index is -2.28. The second-order valence-corrected chi connectivity index (χ2v) is 13.3. The number of hydrogen-bond acceptors (Lipinski definition) is 5. The second-order valence-electron chi connectivity index (χ2n) is 6.42. The zero-order chi connectivity index (χ0) is 19.8. The molecule has 1 unspecified atom stereocenters. The van der Waals surface area contributed by atoms with Crippen LogP contribution in [0.5, 0.6) is 5.75 Å². The molecule has 0 spiro atoms. The molecule has 5 nitrogen and oxygen atoms in total. The number of fused-ring (bicyclic) bond motifs is 1. The van der Waals surface area contributed by atoms with Crippen LogP contribution in [0.4, 0.5) is 5.69 Å². The Morgan fingerprint density at radius 3 is 2.17 bits per heavy atom. The SMILES string of the molecule is COc1ccc(P2(=S)Sc3nnc(-c4ccccc4)n3N2c2ccccc2)cc1. The van der Waals surface area contributed by atoms with E-state index in [-0.39, 0.29) is 0 Å². The molecule has 5 rings (SSSR count). The number of para-hydroxylation sites is 1. The highest BCUT2D eigenvalue weighted by Crippen LogP contribution is 2.69. The van der Waals surface area contributed by atoms with Crippen LogP contribution in [0, 0.1) is 0 Å². The molecule has 3 aromatic carbocycles. The summed E-state index contributed by atoms with van der Waals surface area (Å²) in [5, 5.41) is 8.57. The van der Waals surface area contributed by atoms with Crippen molar-refractivity contribution in [1.82, 2.24) is 14.9 Å². The van der Waals surface area contributed by atoms with Gasteiger partial charge >= 0.3 is 0 Å². The summed E-state index contributed by atoms with van der Waals surface area (Å²) >= 11 is 7.98. The van der Waals surface area contributed by atoms with E-state index in [9.17, 15) is 0 Å². The molecular formula is C21H17N4OPS2. The van der Waals surface area contributed by atoms with Crippen molar-refractivity contribution in [3.05, 3.63) is 84.9 Å². The monoisotopic (exact) mass is 436 g/mol. The van der Waals surface area contributed by atoms with Crippen molar-refractivity contribution in [2.45, 2.75) is 5.16 Å². The average Bonchev–Trinajstić information content (AvgIpc) is 3.31. The van der Waals surface area contributed by atoms with Gasteiger partial charge in [-0.2, -0.15) is 0 Å². The predicted molar refractivity (Wildman–Crippen MR) is 123 cm³/mol. The number of anilines is 1. The Balaban J connectivity index is 1.71. The predicted octanol–water partition coefficient (Wildman–Crippen LogP) is 4.96. The van der Waals surface area contributed by atoms with Gasteiger partial charge in [-0.1, -0.05) is 60.3 Å². The van der Waals surface area contributed by atoms with Crippen molar-refractivity contribution in [3.8, 4) is 17.1 Å². The van der Waals surface area contributed by atoms with E-state index in [0.29, 0.717) is 0 Å². The fraction of sp³-hybridized carbons (Fsp3) is 0.0476. The Hall–Kier alpha value is -2.60. The van der Waals surface area contributed by atoms with Gasteiger partial charge in [0.1, 0.15) is 11.1 Å². The number of rotatable bonds is 4. The van der Waals surface area contributed by atoms with Gasteiger partial charge in [0.15, 0.2) is 5.82 Å². The van der Waals surface area contributed by atoms with Crippen molar-refractivity contribution in [3.63, 3.8) is 0 Å². The molecule has 8 heteroatoms. The molecule has 1 aromatic heterocycles. The van der Waals surface area contributed by atoms with Gasteiger partial charge in [0.05, 0.1) is 12.8 Å². The number of nitrogens with zero attached hydrogens (tertiary/aromatic N) is 4. The van der Waals surface area contributed by atoms with Crippen LogP contribution in [0.3, 0.4) is 0 Å². The summed E-state index contributed by atoms with van der Waals surface area (Å²) in [4.78, 5) is 0. The maximum Gasteiger partial charge on any atom is 0.218 e. The van der Waals surface area contributed by atoms with Crippen molar-refractivity contribution in [1.29, 1.82) is 0 Å². The molecule has 144 valence electrons. The molecule has 0 fully saturated rings. The van der Waals surface area contributed by atoms with Gasteiger partial charge in [0.2, 0.25) is 5.16 Å². The van der Waals surface area contributed by atoms with Crippen LogP contribution >= 0.6 is 16.8 Å². The first kappa shape index (κ1) is 18.4. The van der Waals surface area contributed by atoms with E-state index in [1.807, 2.05) is 60.7 Å². The highest BCUT2D eigenvalue weighted by atomic mass is 32.9. The fourth-order valence-corrected chi connectivity index (χ4v) is 9.55. The van der Waals surface area contributed by atoms with Crippen molar-refractivity contribution in [2.75, 3.05) is 11.9 Å². The molecule has 0 amide bonds. The van der Waals surface area contributed by atoms with Crippen LogP contribution in [0.25, 0.3) is 11.4 Å². The highest BCUT2D eigenvalue weighted by Gasteiger charge is 2.42. The first-order valence-electron chi connectivity index (χ1n) is 9.02. The van der Waals surface area contributed by atoms with Crippen molar-refractivity contribution in [2.24, 2.45) is 0 Å². The lowest BCUT2D eigenvalue weighted by atomic mass is 10.2. The molecule has 1 aliphatic heterocycles. The summed E-state index contributed by atoms with van der Waals surface area (Å²) in [5.41, 5.74) is 2.03. The maximum atomic E-state index is 6.36. The van der Waals surface area contributed by atoms with Gasteiger partial charge < -0.3 is 4.74 Å². The van der Waals surface area contributed by atoms with Gasteiger partial charge in [0.25, 0.3) is 0 Å².